The number of nitrogens with zero attached hydrogens (tertiary/aromatic N) is 4. The zero-order valence-electron chi connectivity index (χ0n) is 13.5. The topological polar surface area (TPSA) is 72.7 Å². The maximum atomic E-state index is 12.7. The van der Waals surface area contributed by atoms with Crippen LogP contribution in [-0.2, 0) is 6.54 Å². The molecule has 25 heavy (non-hydrogen) atoms. The highest BCUT2D eigenvalue weighted by Gasteiger charge is 2.16. The van der Waals surface area contributed by atoms with E-state index in [1.54, 1.807) is 48.1 Å². The summed E-state index contributed by atoms with van der Waals surface area (Å²) in [5.74, 6) is -0.183. The van der Waals surface area contributed by atoms with E-state index in [1.807, 2.05) is 23.1 Å². The number of fused-ring (bicyclic) bond motifs is 1. The van der Waals surface area contributed by atoms with Crippen molar-refractivity contribution < 1.29 is 4.79 Å². The lowest BCUT2D eigenvalue weighted by Crippen LogP contribution is -2.13. The SMILES string of the molecule is Cc1cc(C(=O)Nc2ccncc2)c2cnn(Cc3cccs3)c2n1. The minimum absolute atomic E-state index is 0.183. The highest BCUT2D eigenvalue weighted by atomic mass is 32.1. The van der Waals surface area contributed by atoms with E-state index in [0.717, 1.165) is 11.1 Å². The third-order valence-electron chi connectivity index (χ3n) is 3.81. The molecule has 124 valence electrons. The van der Waals surface area contributed by atoms with Crippen LogP contribution in [0.3, 0.4) is 0 Å². The van der Waals surface area contributed by atoms with Crippen LogP contribution < -0.4 is 5.32 Å². The summed E-state index contributed by atoms with van der Waals surface area (Å²) in [5.41, 5.74) is 2.76. The molecule has 4 rings (SSSR count). The Morgan fingerprint density at radius 3 is 2.88 bits per heavy atom. The Labute approximate surface area is 148 Å². The number of hydrogen-bond donors (Lipinski definition) is 1. The molecule has 0 aliphatic rings. The number of carbonyl (C=O) groups is 1. The van der Waals surface area contributed by atoms with E-state index < -0.39 is 0 Å². The Bertz CT molecular complexity index is 1020. The van der Waals surface area contributed by atoms with E-state index in [9.17, 15) is 4.79 Å². The van der Waals surface area contributed by atoms with Crippen LogP contribution in [0.25, 0.3) is 11.0 Å². The molecule has 7 heteroatoms. The molecule has 1 N–H and O–H groups in total. The Morgan fingerprint density at radius 1 is 1.28 bits per heavy atom. The van der Waals surface area contributed by atoms with Crippen LogP contribution in [0.15, 0.2) is 54.3 Å². The molecule has 0 unspecified atom stereocenters. The molecule has 0 aliphatic heterocycles. The first-order valence-electron chi connectivity index (χ1n) is 7.77. The molecule has 0 fully saturated rings. The van der Waals surface area contributed by atoms with Gasteiger partial charge in [0, 0.05) is 28.7 Å². The number of aromatic nitrogens is 4. The zero-order chi connectivity index (χ0) is 17.2. The van der Waals surface area contributed by atoms with Crippen molar-refractivity contribution in [2.45, 2.75) is 13.5 Å². The quantitative estimate of drug-likeness (QED) is 0.612. The summed E-state index contributed by atoms with van der Waals surface area (Å²) in [6.07, 6.45) is 4.99. The van der Waals surface area contributed by atoms with Crippen LogP contribution in [-0.4, -0.2) is 25.7 Å². The van der Waals surface area contributed by atoms with Crippen molar-refractivity contribution in [3.63, 3.8) is 0 Å². The molecule has 4 aromatic rings. The maximum absolute atomic E-state index is 12.7. The van der Waals surface area contributed by atoms with Crippen molar-refractivity contribution in [3.05, 3.63) is 70.4 Å². The Kier molecular flexibility index (Phi) is 3.99. The maximum Gasteiger partial charge on any atom is 0.256 e. The molecule has 1 amide bonds. The lowest BCUT2D eigenvalue weighted by atomic mass is 10.1. The fraction of sp³-hybridized carbons (Fsp3) is 0.111. The Hall–Kier alpha value is -3.06. The van der Waals surface area contributed by atoms with Crippen LogP contribution in [0.1, 0.15) is 20.9 Å². The molecule has 0 atom stereocenters. The number of aryl methyl sites for hydroxylation is 1. The summed E-state index contributed by atoms with van der Waals surface area (Å²) >= 11 is 1.67. The van der Waals surface area contributed by atoms with Crippen molar-refractivity contribution >= 4 is 34.0 Å². The van der Waals surface area contributed by atoms with E-state index in [1.165, 1.54) is 4.88 Å². The van der Waals surface area contributed by atoms with Gasteiger partial charge in [0.1, 0.15) is 0 Å². The second-order valence-electron chi connectivity index (χ2n) is 5.62. The molecular weight excluding hydrogens is 334 g/mol. The van der Waals surface area contributed by atoms with Crippen LogP contribution >= 0.6 is 11.3 Å². The van der Waals surface area contributed by atoms with Gasteiger partial charge in [-0.25, -0.2) is 9.67 Å². The normalized spacial score (nSPS) is 10.9. The second-order valence-corrected chi connectivity index (χ2v) is 6.65. The minimum Gasteiger partial charge on any atom is -0.322 e. The monoisotopic (exact) mass is 349 g/mol. The number of anilines is 1. The standard InChI is InChI=1S/C18H15N5OS/c1-12-9-15(18(24)22-13-4-6-19-7-5-13)16-10-20-23(17(16)21-12)11-14-3-2-8-25-14/h2-10H,11H2,1H3,(H,19,22,24). The van der Waals surface area contributed by atoms with Gasteiger partial charge in [0.05, 0.1) is 23.7 Å². The molecule has 0 spiro atoms. The van der Waals surface area contributed by atoms with E-state index in [2.05, 4.69) is 26.4 Å². The van der Waals surface area contributed by atoms with Crippen molar-refractivity contribution in [1.29, 1.82) is 0 Å². The first-order valence-corrected chi connectivity index (χ1v) is 8.65. The summed E-state index contributed by atoms with van der Waals surface area (Å²) in [6.45, 7) is 2.52. The van der Waals surface area contributed by atoms with Gasteiger partial charge < -0.3 is 5.32 Å². The Morgan fingerprint density at radius 2 is 2.12 bits per heavy atom. The Balaban J connectivity index is 1.71. The summed E-state index contributed by atoms with van der Waals surface area (Å²) in [7, 11) is 0. The summed E-state index contributed by atoms with van der Waals surface area (Å²) < 4.78 is 1.83. The number of pyridine rings is 2. The highest BCUT2D eigenvalue weighted by Crippen LogP contribution is 2.21. The van der Waals surface area contributed by atoms with Gasteiger partial charge in [-0.05, 0) is 36.6 Å². The lowest BCUT2D eigenvalue weighted by molar-refractivity contribution is 0.102. The predicted molar refractivity (Wildman–Crippen MR) is 97.9 cm³/mol. The molecule has 0 saturated carbocycles. The molecule has 0 bridgehead atoms. The molecular formula is C18H15N5OS. The van der Waals surface area contributed by atoms with Gasteiger partial charge in [-0.3, -0.25) is 9.78 Å². The van der Waals surface area contributed by atoms with Gasteiger partial charge in [0.15, 0.2) is 5.65 Å². The number of amides is 1. The van der Waals surface area contributed by atoms with Gasteiger partial charge in [-0.15, -0.1) is 11.3 Å². The fourth-order valence-electron chi connectivity index (χ4n) is 2.66. The van der Waals surface area contributed by atoms with Crippen LogP contribution in [0, 0.1) is 6.92 Å². The summed E-state index contributed by atoms with van der Waals surface area (Å²) in [5, 5.41) is 10.1. The van der Waals surface area contributed by atoms with Crippen LogP contribution in [0.5, 0.6) is 0 Å². The minimum atomic E-state index is -0.183. The number of carbonyl (C=O) groups excluding carboxylic acids is 1. The summed E-state index contributed by atoms with van der Waals surface area (Å²) in [4.78, 5) is 22.4. The molecule has 0 aromatic carbocycles. The van der Waals surface area contributed by atoms with E-state index in [0.29, 0.717) is 23.4 Å². The van der Waals surface area contributed by atoms with E-state index >= 15 is 0 Å². The fourth-order valence-corrected chi connectivity index (χ4v) is 3.35. The largest absolute Gasteiger partial charge is 0.322 e. The van der Waals surface area contributed by atoms with Gasteiger partial charge >= 0.3 is 0 Å². The van der Waals surface area contributed by atoms with Gasteiger partial charge in [0.2, 0.25) is 0 Å². The van der Waals surface area contributed by atoms with Gasteiger partial charge in [0.25, 0.3) is 5.91 Å². The molecule has 6 nitrogen and oxygen atoms in total. The molecule has 4 aromatic heterocycles. The number of thiophene rings is 1. The number of hydrogen-bond acceptors (Lipinski definition) is 5. The molecule has 4 heterocycles. The average Bonchev–Trinajstić information content (AvgIpc) is 3.26. The average molecular weight is 349 g/mol. The zero-order valence-corrected chi connectivity index (χ0v) is 14.3. The number of nitrogens with one attached hydrogen (secondary N) is 1. The number of rotatable bonds is 4. The van der Waals surface area contributed by atoms with Crippen LogP contribution in [0.2, 0.25) is 0 Å². The lowest BCUT2D eigenvalue weighted by Gasteiger charge is -2.07. The first kappa shape index (κ1) is 15.5. The van der Waals surface area contributed by atoms with Crippen molar-refractivity contribution in [1.82, 2.24) is 19.7 Å². The van der Waals surface area contributed by atoms with Gasteiger partial charge in [-0.1, -0.05) is 6.07 Å². The predicted octanol–water partition coefficient (Wildman–Crippen LogP) is 3.50. The molecule has 0 radical (unpaired) electrons. The molecule has 0 aliphatic carbocycles. The van der Waals surface area contributed by atoms with Crippen LogP contribution in [0.4, 0.5) is 5.69 Å². The first-order chi connectivity index (χ1) is 12.2. The van der Waals surface area contributed by atoms with E-state index in [-0.39, 0.29) is 5.91 Å². The highest BCUT2D eigenvalue weighted by molar-refractivity contribution is 7.09. The van der Waals surface area contributed by atoms with Crippen molar-refractivity contribution in [2.24, 2.45) is 0 Å². The van der Waals surface area contributed by atoms with Gasteiger partial charge in [-0.2, -0.15) is 5.10 Å². The second kappa shape index (κ2) is 6.45. The van der Waals surface area contributed by atoms with Crippen molar-refractivity contribution in [2.75, 3.05) is 5.32 Å². The van der Waals surface area contributed by atoms with Crippen molar-refractivity contribution in [3.8, 4) is 0 Å². The van der Waals surface area contributed by atoms with E-state index in [4.69, 9.17) is 0 Å². The third-order valence-corrected chi connectivity index (χ3v) is 4.67. The third kappa shape index (κ3) is 3.14. The smallest absolute Gasteiger partial charge is 0.256 e. The summed E-state index contributed by atoms with van der Waals surface area (Å²) in [6, 6.07) is 9.37. The molecule has 0 saturated heterocycles.